The van der Waals surface area contributed by atoms with Crippen LogP contribution < -0.4 is 4.31 Å². The Morgan fingerprint density at radius 2 is 2.14 bits per heavy atom. The first-order valence-electron chi connectivity index (χ1n) is 6.89. The molecule has 22 heavy (non-hydrogen) atoms. The van der Waals surface area contributed by atoms with Gasteiger partial charge in [0.1, 0.15) is 4.75 Å². The van der Waals surface area contributed by atoms with Gasteiger partial charge in [-0.2, -0.15) is 0 Å². The molecule has 3 rings (SSSR count). The molecule has 0 atom stereocenters. The summed E-state index contributed by atoms with van der Waals surface area (Å²) in [6.45, 7) is 0.477. The molecule has 1 saturated carbocycles. The second kappa shape index (κ2) is 5.11. The molecule has 1 aliphatic carbocycles. The predicted molar refractivity (Wildman–Crippen MR) is 82.2 cm³/mol. The zero-order valence-corrected chi connectivity index (χ0v) is 13.6. The number of carboxylic acids is 1. The highest BCUT2D eigenvalue weighted by atomic mass is 35.5. The van der Waals surface area contributed by atoms with E-state index >= 15 is 0 Å². The molecule has 0 aromatic heterocycles. The molecule has 0 bridgehead atoms. The smallest absolute Gasteiger partial charge is 0.337 e. The predicted octanol–water partition coefficient (Wildman–Crippen LogP) is 1.91. The van der Waals surface area contributed by atoms with Gasteiger partial charge in [0, 0.05) is 13.7 Å². The van der Waals surface area contributed by atoms with Gasteiger partial charge in [0.2, 0.25) is 10.0 Å². The number of anilines is 1. The zero-order valence-electron chi connectivity index (χ0n) is 12.0. The van der Waals surface area contributed by atoms with Crippen molar-refractivity contribution in [1.82, 2.24) is 0 Å². The summed E-state index contributed by atoms with van der Waals surface area (Å²) in [6.07, 6.45) is 1.64. The molecule has 1 aromatic carbocycles. The van der Waals surface area contributed by atoms with Crippen LogP contribution in [0.15, 0.2) is 12.1 Å². The maximum atomic E-state index is 12.9. The van der Waals surface area contributed by atoms with Gasteiger partial charge in [-0.05, 0) is 37.0 Å². The molecule has 1 aliphatic heterocycles. The van der Waals surface area contributed by atoms with E-state index in [1.165, 1.54) is 23.5 Å². The van der Waals surface area contributed by atoms with Crippen LogP contribution in [-0.4, -0.2) is 44.5 Å². The number of sulfonamides is 1. The SMILES string of the molecule is COCC1(S(=O)(=O)N2CCc3cc(C(=O)O)c(Cl)cc32)CC1. The van der Waals surface area contributed by atoms with Crippen LogP contribution in [0, 0.1) is 0 Å². The third-order valence-electron chi connectivity index (χ3n) is 4.30. The minimum Gasteiger partial charge on any atom is -0.478 e. The quantitative estimate of drug-likeness (QED) is 0.881. The van der Waals surface area contributed by atoms with E-state index in [0.717, 1.165) is 0 Å². The Morgan fingerprint density at radius 1 is 1.45 bits per heavy atom. The van der Waals surface area contributed by atoms with E-state index in [9.17, 15) is 13.2 Å². The number of hydrogen-bond acceptors (Lipinski definition) is 4. The maximum absolute atomic E-state index is 12.9. The van der Waals surface area contributed by atoms with Crippen molar-refractivity contribution < 1.29 is 23.1 Å². The van der Waals surface area contributed by atoms with E-state index in [2.05, 4.69) is 0 Å². The average Bonchev–Trinajstić information content (AvgIpc) is 3.11. The Morgan fingerprint density at radius 3 is 2.68 bits per heavy atom. The lowest BCUT2D eigenvalue weighted by atomic mass is 10.1. The van der Waals surface area contributed by atoms with Crippen LogP contribution in [0.5, 0.6) is 0 Å². The van der Waals surface area contributed by atoms with Crippen molar-refractivity contribution >= 4 is 33.3 Å². The second-order valence-electron chi connectivity index (χ2n) is 5.71. The molecule has 0 radical (unpaired) electrons. The van der Waals surface area contributed by atoms with Crippen molar-refractivity contribution in [3.05, 3.63) is 28.3 Å². The fourth-order valence-corrected chi connectivity index (χ4v) is 5.26. The number of carbonyl (C=O) groups is 1. The molecule has 6 nitrogen and oxygen atoms in total. The highest BCUT2D eigenvalue weighted by Gasteiger charge is 2.57. The minimum atomic E-state index is -3.55. The summed E-state index contributed by atoms with van der Waals surface area (Å²) in [5, 5.41) is 9.15. The number of fused-ring (bicyclic) bond motifs is 1. The first-order valence-corrected chi connectivity index (χ1v) is 8.71. The summed E-state index contributed by atoms with van der Waals surface area (Å²) in [7, 11) is -2.06. The fourth-order valence-electron chi connectivity index (χ4n) is 2.91. The van der Waals surface area contributed by atoms with Crippen molar-refractivity contribution in [1.29, 1.82) is 0 Å². The molecule has 1 N–H and O–H groups in total. The first-order chi connectivity index (χ1) is 10.3. The molecule has 1 fully saturated rings. The number of benzene rings is 1. The maximum Gasteiger partial charge on any atom is 0.337 e. The number of aromatic carboxylic acids is 1. The summed E-state index contributed by atoms with van der Waals surface area (Å²) in [4.78, 5) is 11.1. The molecule has 8 heteroatoms. The number of nitrogens with zero attached hydrogens (tertiary/aromatic N) is 1. The van der Waals surface area contributed by atoms with Gasteiger partial charge in [-0.3, -0.25) is 4.31 Å². The lowest BCUT2D eigenvalue weighted by Crippen LogP contribution is -2.41. The molecule has 0 amide bonds. The molecule has 120 valence electrons. The van der Waals surface area contributed by atoms with Gasteiger partial charge in [0.25, 0.3) is 0 Å². The summed E-state index contributed by atoms with van der Waals surface area (Å²) in [6, 6.07) is 2.90. The normalized spacial score (nSPS) is 19.1. The van der Waals surface area contributed by atoms with Gasteiger partial charge >= 0.3 is 5.97 Å². The van der Waals surface area contributed by atoms with Crippen LogP contribution in [0.2, 0.25) is 5.02 Å². The van der Waals surface area contributed by atoms with Gasteiger partial charge in [0.05, 0.1) is 22.9 Å². The molecular weight excluding hydrogens is 330 g/mol. The van der Waals surface area contributed by atoms with Gasteiger partial charge in [-0.1, -0.05) is 11.6 Å². The molecule has 1 heterocycles. The zero-order chi connectivity index (χ0) is 16.1. The number of rotatable bonds is 5. The van der Waals surface area contributed by atoms with Gasteiger partial charge < -0.3 is 9.84 Å². The number of halogens is 1. The third kappa shape index (κ3) is 2.19. The Bertz CT molecular complexity index is 742. The summed E-state index contributed by atoms with van der Waals surface area (Å²) in [5.41, 5.74) is 1.17. The molecule has 2 aliphatic rings. The lowest BCUT2D eigenvalue weighted by Gasteiger charge is -2.25. The first kappa shape index (κ1) is 15.6. The van der Waals surface area contributed by atoms with Crippen LogP contribution >= 0.6 is 11.6 Å². The van der Waals surface area contributed by atoms with Gasteiger partial charge in [-0.25, -0.2) is 13.2 Å². The third-order valence-corrected chi connectivity index (χ3v) is 7.20. The molecular formula is C14H16ClNO5S. The number of ether oxygens (including phenoxy) is 1. The monoisotopic (exact) mass is 345 g/mol. The van der Waals surface area contributed by atoms with E-state index in [1.54, 1.807) is 0 Å². The highest BCUT2D eigenvalue weighted by Crippen LogP contribution is 2.48. The standard InChI is InChI=1S/C14H16ClNO5S/c1-21-8-14(3-4-14)22(19,20)16-5-2-9-6-10(13(17)18)11(15)7-12(9)16/h6-7H,2-5,8H2,1H3,(H,17,18). The lowest BCUT2D eigenvalue weighted by molar-refractivity contribution is 0.0697. The van der Waals surface area contributed by atoms with E-state index in [4.69, 9.17) is 21.4 Å². The van der Waals surface area contributed by atoms with Gasteiger partial charge in [-0.15, -0.1) is 0 Å². The number of carboxylic acid groups (broad SMARTS) is 1. The number of hydrogen-bond donors (Lipinski definition) is 1. The summed E-state index contributed by atoms with van der Waals surface area (Å²) >= 11 is 5.98. The average molecular weight is 346 g/mol. The Balaban J connectivity index is 2.02. The van der Waals surface area contributed by atoms with E-state index < -0.39 is 20.7 Å². The van der Waals surface area contributed by atoms with Crippen LogP contribution in [-0.2, 0) is 21.2 Å². The Hall–Kier alpha value is -1.31. The Labute approximate surface area is 133 Å². The van der Waals surface area contributed by atoms with Crippen molar-refractivity contribution in [2.75, 3.05) is 24.6 Å². The van der Waals surface area contributed by atoms with Crippen LogP contribution in [0.4, 0.5) is 5.69 Å². The fraction of sp³-hybridized carbons (Fsp3) is 0.500. The van der Waals surface area contributed by atoms with E-state index in [1.807, 2.05) is 0 Å². The van der Waals surface area contributed by atoms with Crippen LogP contribution in [0.25, 0.3) is 0 Å². The molecule has 0 saturated heterocycles. The van der Waals surface area contributed by atoms with Crippen LogP contribution in [0.3, 0.4) is 0 Å². The molecule has 1 aromatic rings. The molecule has 0 unspecified atom stereocenters. The highest BCUT2D eigenvalue weighted by molar-refractivity contribution is 7.94. The topological polar surface area (TPSA) is 83.9 Å². The van der Waals surface area contributed by atoms with E-state index in [0.29, 0.717) is 37.1 Å². The van der Waals surface area contributed by atoms with E-state index in [-0.39, 0.29) is 17.2 Å². The molecule has 0 spiro atoms. The van der Waals surface area contributed by atoms with Crippen molar-refractivity contribution in [3.63, 3.8) is 0 Å². The van der Waals surface area contributed by atoms with Crippen LogP contribution in [0.1, 0.15) is 28.8 Å². The second-order valence-corrected chi connectivity index (χ2v) is 8.37. The largest absolute Gasteiger partial charge is 0.478 e. The Kier molecular flexibility index (Phi) is 3.62. The number of methoxy groups -OCH3 is 1. The van der Waals surface area contributed by atoms with Crippen molar-refractivity contribution in [2.24, 2.45) is 0 Å². The van der Waals surface area contributed by atoms with Crippen molar-refractivity contribution in [3.8, 4) is 0 Å². The summed E-state index contributed by atoms with van der Waals surface area (Å²) in [5.74, 6) is -1.12. The minimum absolute atomic E-state index is 0.00214. The van der Waals surface area contributed by atoms with Crippen molar-refractivity contribution in [2.45, 2.75) is 24.0 Å². The summed E-state index contributed by atoms with van der Waals surface area (Å²) < 4.78 is 31.3. The van der Waals surface area contributed by atoms with Gasteiger partial charge in [0.15, 0.2) is 0 Å².